The molecule has 2 heterocycles. The Balaban J connectivity index is 1.54. The monoisotopic (exact) mass is 361 g/mol. The number of carbonyl (C=O) groups excluding carboxylic acids is 1. The van der Waals surface area contributed by atoms with Gasteiger partial charge in [-0.3, -0.25) is 5.32 Å². The van der Waals surface area contributed by atoms with E-state index in [2.05, 4.69) is 15.6 Å². The summed E-state index contributed by atoms with van der Waals surface area (Å²) >= 11 is 7.39. The number of aromatic nitrogens is 1. The summed E-state index contributed by atoms with van der Waals surface area (Å²) in [4.78, 5) is 16.5. The zero-order chi connectivity index (χ0) is 16.5. The first-order chi connectivity index (χ1) is 11.7. The molecular weight excluding hydrogens is 350 g/mol. The summed E-state index contributed by atoms with van der Waals surface area (Å²) in [6.45, 7) is 1.05. The van der Waals surface area contributed by atoms with Crippen LogP contribution in [0.1, 0.15) is 0 Å². The molecule has 1 aliphatic heterocycles. The van der Waals surface area contributed by atoms with E-state index in [0.29, 0.717) is 40.6 Å². The number of para-hydroxylation sites is 1. The first-order valence-corrected chi connectivity index (χ1v) is 8.41. The van der Waals surface area contributed by atoms with E-state index in [-0.39, 0.29) is 0 Å². The number of hydrogen-bond acceptors (Lipinski definition) is 5. The lowest BCUT2D eigenvalue weighted by Gasteiger charge is -2.17. The molecule has 122 valence electrons. The largest absolute Gasteiger partial charge is 0.486 e. The van der Waals surface area contributed by atoms with Crippen molar-refractivity contribution in [1.82, 2.24) is 4.98 Å². The Labute approximate surface area is 146 Å². The number of carbonyl (C=O) groups is 1. The molecule has 1 aliphatic rings. The van der Waals surface area contributed by atoms with Gasteiger partial charge in [0.2, 0.25) is 0 Å². The van der Waals surface area contributed by atoms with Gasteiger partial charge in [-0.25, -0.2) is 9.78 Å². The van der Waals surface area contributed by atoms with E-state index in [1.54, 1.807) is 24.3 Å². The van der Waals surface area contributed by atoms with Crippen LogP contribution in [0.2, 0.25) is 5.02 Å². The number of thiazole rings is 1. The maximum Gasteiger partial charge on any atom is 0.325 e. The topological polar surface area (TPSA) is 72.5 Å². The number of benzene rings is 2. The fraction of sp³-hybridized carbons (Fsp3) is 0.125. The highest BCUT2D eigenvalue weighted by Gasteiger charge is 2.16. The Morgan fingerprint density at radius 3 is 2.67 bits per heavy atom. The molecule has 0 unspecified atom stereocenters. The molecule has 0 saturated heterocycles. The van der Waals surface area contributed by atoms with Gasteiger partial charge >= 0.3 is 6.03 Å². The van der Waals surface area contributed by atoms with E-state index in [1.165, 1.54) is 11.3 Å². The normalized spacial score (nSPS) is 12.9. The van der Waals surface area contributed by atoms with Gasteiger partial charge in [-0.05, 0) is 12.1 Å². The van der Waals surface area contributed by atoms with E-state index in [4.69, 9.17) is 21.1 Å². The van der Waals surface area contributed by atoms with Crippen molar-refractivity contribution in [3.63, 3.8) is 0 Å². The van der Waals surface area contributed by atoms with Crippen molar-refractivity contribution in [3.8, 4) is 11.5 Å². The molecule has 0 radical (unpaired) electrons. The van der Waals surface area contributed by atoms with Gasteiger partial charge in [0.05, 0.1) is 20.9 Å². The highest BCUT2D eigenvalue weighted by Crippen LogP contribution is 2.37. The molecular formula is C16H12ClN3O3S. The average Bonchev–Trinajstić information content (AvgIpc) is 2.95. The Morgan fingerprint density at radius 1 is 1.12 bits per heavy atom. The van der Waals surface area contributed by atoms with Crippen LogP contribution < -0.4 is 20.1 Å². The number of nitrogens with one attached hydrogen (secondary N) is 2. The van der Waals surface area contributed by atoms with Gasteiger partial charge in [0.1, 0.15) is 13.2 Å². The fourth-order valence-corrected chi connectivity index (χ4v) is 3.39. The van der Waals surface area contributed by atoms with Gasteiger partial charge in [-0.2, -0.15) is 0 Å². The second-order valence-electron chi connectivity index (χ2n) is 5.04. The molecule has 0 fully saturated rings. The van der Waals surface area contributed by atoms with Crippen molar-refractivity contribution in [1.29, 1.82) is 0 Å². The van der Waals surface area contributed by atoms with E-state index in [1.807, 2.05) is 12.1 Å². The Hall–Kier alpha value is -2.51. The molecule has 0 bridgehead atoms. The summed E-state index contributed by atoms with van der Waals surface area (Å²) in [6, 6.07) is 10.3. The Morgan fingerprint density at radius 2 is 1.88 bits per heavy atom. The van der Waals surface area contributed by atoms with E-state index in [0.717, 1.165) is 10.2 Å². The van der Waals surface area contributed by atoms with E-state index >= 15 is 0 Å². The highest BCUT2D eigenvalue weighted by molar-refractivity contribution is 7.22. The molecule has 24 heavy (non-hydrogen) atoms. The maximum absolute atomic E-state index is 12.1. The minimum absolute atomic E-state index is 0.403. The predicted molar refractivity (Wildman–Crippen MR) is 94.7 cm³/mol. The predicted octanol–water partition coefficient (Wildman–Crippen LogP) is 4.36. The molecule has 6 nitrogen and oxygen atoms in total. The summed E-state index contributed by atoms with van der Waals surface area (Å²) in [5.74, 6) is 1.37. The van der Waals surface area contributed by atoms with Crippen LogP contribution in [-0.2, 0) is 0 Å². The Bertz CT molecular complexity index is 885. The van der Waals surface area contributed by atoms with Crippen LogP contribution in [0.25, 0.3) is 10.2 Å². The lowest BCUT2D eigenvalue weighted by Crippen LogP contribution is -2.19. The molecule has 3 aromatic rings. The number of nitrogens with zero attached hydrogens (tertiary/aromatic N) is 1. The smallest absolute Gasteiger partial charge is 0.325 e. The summed E-state index contributed by atoms with van der Waals surface area (Å²) in [5.41, 5.74) is 1.28. The quantitative estimate of drug-likeness (QED) is 0.711. The van der Waals surface area contributed by atoms with Crippen molar-refractivity contribution >= 4 is 50.0 Å². The number of anilines is 2. The summed E-state index contributed by atoms with van der Waals surface area (Å²) in [7, 11) is 0. The van der Waals surface area contributed by atoms with Crippen molar-refractivity contribution in [2.24, 2.45) is 0 Å². The second-order valence-corrected chi connectivity index (χ2v) is 6.48. The zero-order valence-electron chi connectivity index (χ0n) is 12.3. The highest BCUT2D eigenvalue weighted by atomic mass is 35.5. The molecule has 8 heteroatoms. The van der Waals surface area contributed by atoms with Crippen molar-refractivity contribution in [2.45, 2.75) is 0 Å². The molecule has 0 saturated carbocycles. The van der Waals surface area contributed by atoms with Gasteiger partial charge in [-0.15, -0.1) is 0 Å². The number of fused-ring (bicyclic) bond motifs is 2. The maximum atomic E-state index is 12.1. The summed E-state index contributed by atoms with van der Waals surface area (Å²) in [6.07, 6.45) is 0. The summed E-state index contributed by atoms with van der Waals surface area (Å²) in [5, 5.41) is 6.36. The van der Waals surface area contributed by atoms with Crippen LogP contribution in [0.4, 0.5) is 15.6 Å². The SMILES string of the molecule is O=C(Nc1nc2cc3c(cc2s1)OCCO3)Nc1ccccc1Cl. The molecule has 1 aromatic heterocycles. The van der Waals surface area contributed by atoms with Gasteiger partial charge in [-0.1, -0.05) is 35.1 Å². The molecule has 0 atom stereocenters. The molecule has 2 N–H and O–H groups in total. The third-order valence-corrected chi connectivity index (χ3v) is 4.66. The molecule has 0 spiro atoms. The number of ether oxygens (including phenoxy) is 2. The van der Waals surface area contributed by atoms with E-state index in [9.17, 15) is 4.79 Å². The van der Waals surface area contributed by atoms with Crippen LogP contribution in [0.15, 0.2) is 36.4 Å². The zero-order valence-corrected chi connectivity index (χ0v) is 13.9. The lowest BCUT2D eigenvalue weighted by atomic mass is 10.3. The van der Waals surface area contributed by atoms with Crippen LogP contribution in [0.5, 0.6) is 11.5 Å². The third kappa shape index (κ3) is 2.95. The van der Waals surface area contributed by atoms with Crippen LogP contribution >= 0.6 is 22.9 Å². The van der Waals surface area contributed by atoms with Crippen LogP contribution in [-0.4, -0.2) is 24.2 Å². The number of urea groups is 1. The molecule has 2 amide bonds. The Kier molecular flexibility index (Phi) is 3.87. The summed E-state index contributed by atoms with van der Waals surface area (Å²) < 4.78 is 12.0. The van der Waals surface area contributed by atoms with Gasteiger partial charge in [0.15, 0.2) is 16.6 Å². The van der Waals surface area contributed by atoms with Crippen LogP contribution in [0, 0.1) is 0 Å². The van der Waals surface area contributed by atoms with Gasteiger partial charge in [0.25, 0.3) is 0 Å². The molecule has 4 rings (SSSR count). The second kappa shape index (κ2) is 6.18. The van der Waals surface area contributed by atoms with Gasteiger partial charge in [0, 0.05) is 12.1 Å². The number of rotatable bonds is 2. The third-order valence-electron chi connectivity index (χ3n) is 3.39. The first kappa shape index (κ1) is 15.0. The minimum atomic E-state index is -0.403. The van der Waals surface area contributed by atoms with Crippen LogP contribution in [0.3, 0.4) is 0 Å². The van der Waals surface area contributed by atoms with Crippen molar-refractivity contribution in [3.05, 3.63) is 41.4 Å². The van der Waals surface area contributed by atoms with Crippen molar-refractivity contribution in [2.75, 3.05) is 23.8 Å². The van der Waals surface area contributed by atoms with E-state index < -0.39 is 6.03 Å². The number of amides is 2. The standard InChI is InChI=1S/C16H12ClN3O3S/c17-9-3-1-2-4-10(9)18-15(21)20-16-19-11-7-12-13(8-14(11)24-16)23-6-5-22-12/h1-4,7-8H,5-6H2,(H2,18,19,20,21). The minimum Gasteiger partial charge on any atom is -0.486 e. The molecule has 2 aromatic carbocycles. The molecule has 0 aliphatic carbocycles. The number of hydrogen-bond donors (Lipinski definition) is 2. The first-order valence-electron chi connectivity index (χ1n) is 7.22. The average molecular weight is 362 g/mol. The fourth-order valence-electron chi connectivity index (χ4n) is 2.33. The number of halogens is 1. The lowest BCUT2D eigenvalue weighted by molar-refractivity contribution is 0.172. The van der Waals surface area contributed by atoms with Gasteiger partial charge < -0.3 is 14.8 Å². The van der Waals surface area contributed by atoms with Crippen molar-refractivity contribution < 1.29 is 14.3 Å².